The molecule has 106 valence electrons. The van der Waals surface area contributed by atoms with Gasteiger partial charge in [-0.05, 0) is 65.8 Å². The van der Waals surface area contributed by atoms with E-state index in [9.17, 15) is 0 Å². The fourth-order valence-corrected chi connectivity index (χ4v) is 3.87. The van der Waals surface area contributed by atoms with Crippen LogP contribution in [0.25, 0.3) is 0 Å². The van der Waals surface area contributed by atoms with E-state index in [1.54, 1.807) is 0 Å². The molecule has 0 bridgehead atoms. The Morgan fingerprint density at radius 2 is 1.72 bits per heavy atom. The smallest absolute Gasteiger partial charge is 0.0249 e. The van der Waals surface area contributed by atoms with Gasteiger partial charge in [-0.15, -0.1) is 0 Å². The van der Waals surface area contributed by atoms with Gasteiger partial charge in [0.15, 0.2) is 0 Å². The average molecular weight is 253 g/mol. The van der Waals surface area contributed by atoms with E-state index in [0.29, 0.717) is 0 Å². The molecule has 1 saturated heterocycles. The second kappa shape index (κ2) is 6.88. The minimum absolute atomic E-state index is 0.740. The van der Waals surface area contributed by atoms with Crippen molar-refractivity contribution in [2.24, 2.45) is 5.92 Å². The molecule has 2 unspecified atom stereocenters. The summed E-state index contributed by atoms with van der Waals surface area (Å²) >= 11 is 0. The molecule has 3 heteroatoms. The number of nitrogens with one attached hydrogen (secondary N) is 1. The van der Waals surface area contributed by atoms with Gasteiger partial charge in [-0.2, -0.15) is 0 Å². The van der Waals surface area contributed by atoms with Crippen LogP contribution in [0.15, 0.2) is 0 Å². The molecule has 1 heterocycles. The first-order chi connectivity index (χ1) is 8.70. The van der Waals surface area contributed by atoms with E-state index in [1.165, 1.54) is 58.2 Å². The van der Waals surface area contributed by atoms with Crippen LogP contribution in [0, 0.1) is 5.92 Å². The van der Waals surface area contributed by atoms with Gasteiger partial charge in [-0.25, -0.2) is 0 Å². The monoisotopic (exact) mass is 253 g/mol. The predicted molar refractivity (Wildman–Crippen MR) is 78.0 cm³/mol. The van der Waals surface area contributed by atoms with Gasteiger partial charge in [0.1, 0.15) is 0 Å². The maximum atomic E-state index is 3.54. The molecule has 1 saturated carbocycles. The molecule has 2 rings (SSSR count). The van der Waals surface area contributed by atoms with Gasteiger partial charge in [0.2, 0.25) is 0 Å². The van der Waals surface area contributed by atoms with Crippen molar-refractivity contribution in [3.63, 3.8) is 0 Å². The third-order valence-electron chi connectivity index (χ3n) is 4.84. The van der Waals surface area contributed by atoms with Crippen molar-refractivity contribution in [2.75, 3.05) is 40.8 Å². The van der Waals surface area contributed by atoms with Crippen molar-refractivity contribution in [1.82, 2.24) is 15.1 Å². The predicted octanol–water partition coefficient (Wildman–Crippen LogP) is 1.79. The molecule has 0 radical (unpaired) electrons. The van der Waals surface area contributed by atoms with E-state index in [1.807, 2.05) is 0 Å². The minimum Gasteiger partial charge on any atom is -0.315 e. The lowest BCUT2D eigenvalue weighted by Gasteiger charge is -2.43. The normalized spacial score (nSPS) is 32.0. The van der Waals surface area contributed by atoms with Crippen molar-refractivity contribution in [3.05, 3.63) is 0 Å². The molecule has 0 amide bonds. The van der Waals surface area contributed by atoms with Crippen molar-refractivity contribution < 1.29 is 0 Å². The molecule has 1 aliphatic carbocycles. The standard InChI is InChI=1S/C15H31N3/c1-16-14-6-4-5-7-15(14)18-10-8-13(9-11-18)12-17(2)3/h13-16H,4-12H2,1-3H3. The molecule has 0 spiro atoms. The maximum absolute atomic E-state index is 3.54. The highest BCUT2D eigenvalue weighted by molar-refractivity contribution is 4.89. The van der Waals surface area contributed by atoms with Gasteiger partial charge in [0, 0.05) is 18.6 Å². The fraction of sp³-hybridized carbons (Fsp3) is 1.00. The lowest BCUT2D eigenvalue weighted by molar-refractivity contribution is 0.0788. The molecule has 1 aliphatic heterocycles. The zero-order valence-electron chi connectivity index (χ0n) is 12.5. The summed E-state index contributed by atoms with van der Waals surface area (Å²) in [5.41, 5.74) is 0. The summed E-state index contributed by atoms with van der Waals surface area (Å²) in [6.07, 6.45) is 8.42. The van der Waals surface area contributed by atoms with Crippen LogP contribution in [0.5, 0.6) is 0 Å². The van der Waals surface area contributed by atoms with E-state index < -0.39 is 0 Å². The number of hydrogen-bond acceptors (Lipinski definition) is 3. The number of likely N-dealkylation sites (N-methyl/N-ethyl adjacent to an activating group) is 1. The first kappa shape index (κ1) is 14.3. The second-order valence-corrected chi connectivity index (χ2v) is 6.49. The van der Waals surface area contributed by atoms with Crippen LogP contribution in [-0.4, -0.2) is 62.7 Å². The van der Waals surface area contributed by atoms with Gasteiger partial charge < -0.3 is 10.2 Å². The number of nitrogens with zero attached hydrogens (tertiary/aromatic N) is 2. The number of likely N-dealkylation sites (tertiary alicyclic amines) is 1. The molecule has 2 atom stereocenters. The molecule has 2 fully saturated rings. The Morgan fingerprint density at radius 3 is 2.33 bits per heavy atom. The third-order valence-corrected chi connectivity index (χ3v) is 4.84. The topological polar surface area (TPSA) is 18.5 Å². The Labute approximate surface area is 113 Å². The molecule has 0 aromatic rings. The van der Waals surface area contributed by atoms with Crippen LogP contribution < -0.4 is 5.32 Å². The lowest BCUT2D eigenvalue weighted by Crippen LogP contribution is -2.53. The molecule has 2 aliphatic rings. The van der Waals surface area contributed by atoms with Gasteiger partial charge in [0.25, 0.3) is 0 Å². The highest BCUT2D eigenvalue weighted by Gasteiger charge is 2.31. The Hall–Kier alpha value is -0.120. The molecular weight excluding hydrogens is 222 g/mol. The van der Waals surface area contributed by atoms with Crippen LogP contribution in [0.2, 0.25) is 0 Å². The minimum atomic E-state index is 0.740. The molecule has 18 heavy (non-hydrogen) atoms. The van der Waals surface area contributed by atoms with Gasteiger partial charge in [-0.1, -0.05) is 12.8 Å². The first-order valence-corrected chi connectivity index (χ1v) is 7.76. The summed E-state index contributed by atoms with van der Waals surface area (Å²) in [4.78, 5) is 5.11. The fourth-order valence-electron chi connectivity index (χ4n) is 3.87. The van der Waals surface area contributed by atoms with Crippen molar-refractivity contribution in [1.29, 1.82) is 0 Å². The van der Waals surface area contributed by atoms with Crippen molar-refractivity contribution in [2.45, 2.75) is 50.6 Å². The highest BCUT2D eigenvalue weighted by atomic mass is 15.2. The zero-order chi connectivity index (χ0) is 13.0. The quantitative estimate of drug-likeness (QED) is 0.824. The maximum Gasteiger partial charge on any atom is 0.0249 e. The summed E-state index contributed by atoms with van der Waals surface area (Å²) in [6.45, 7) is 3.91. The molecular formula is C15H31N3. The van der Waals surface area contributed by atoms with Gasteiger partial charge >= 0.3 is 0 Å². The average Bonchev–Trinajstić information content (AvgIpc) is 2.39. The zero-order valence-corrected chi connectivity index (χ0v) is 12.5. The van der Waals surface area contributed by atoms with Crippen molar-refractivity contribution >= 4 is 0 Å². The summed E-state index contributed by atoms with van der Waals surface area (Å²) in [5, 5.41) is 3.54. The molecule has 0 aromatic carbocycles. The van der Waals surface area contributed by atoms with E-state index in [0.717, 1.165) is 18.0 Å². The van der Waals surface area contributed by atoms with E-state index in [-0.39, 0.29) is 0 Å². The Morgan fingerprint density at radius 1 is 1.06 bits per heavy atom. The Balaban J connectivity index is 1.81. The van der Waals surface area contributed by atoms with Crippen LogP contribution in [0.3, 0.4) is 0 Å². The Kier molecular flexibility index (Phi) is 5.46. The largest absolute Gasteiger partial charge is 0.315 e. The van der Waals surface area contributed by atoms with Crippen LogP contribution in [0.4, 0.5) is 0 Å². The molecule has 0 aromatic heterocycles. The SMILES string of the molecule is CNC1CCCCC1N1CCC(CN(C)C)CC1. The first-order valence-electron chi connectivity index (χ1n) is 7.76. The van der Waals surface area contributed by atoms with E-state index >= 15 is 0 Å². The number of piperidine rings is 1. The third kappa shape index (κ3) is 3.69. The van der Waals surface area contributed by atoms with E-state index in [2.05, 4.69) is 36.3 Å². The summed E-state index contributed by atoms with van der Waals surface area (Å²) < 4.78 is 0. The molecule has 1 N–H and O–H groups in total. The highest BCUT2D eigenvalue weighted by Crippen LogP contribution is 2.27. The summed E-state index contributed by atoms with van der Waals surface area (Å²) in [7, 11) is 6.54. The second-order valence-electron chi connectivity index (χ2n) is 6.49. The van der Waals surface area contributed by atoms with Crippen LogP contribution in [0.1, 0.15) is 38.5 Å². The van der Waals surface area contributed by atoms with Gasteiger partial charge in [-0.3, -0.25) is 4.90 Å². The van der Waals surface area contributed by atoms with E-state index in [4.69, 9.17) is 0 Å². The number of hydrogen-bond donors (Lipinski definition) is 1. The summed E-state index contributed by atoms with van der Waals surface area (Å²) in [6, 6.07) is 1.55. The summed E-state index contributed by atoms with van der Waals surface area (Å²) in [5.74, 6) is 0.924. The van der Waals surface area contributed by atoms with Crippen LogP contribution >= 0.6 is 0 Å². The Bertz CT molecular complexity index is 234. The van der Waals surface area contributed by atoms with Crippen LogP contribution in [-0.2, 0) is 0 Å². The van der Waals surface area contributed by atoms with Gasteiger partial charge in [0.05, 0.1) is 0 Å². The number of rotatable bonds is 4. The van der Waals surface area contributed by atoms with Crippen molar-refractivity contribution in [3.8, 4) is 0 Å². The molecule has 3 nitrogen and oxygen atoms in total. The lowest BCUT2D eigenvalue weighted by atomic mass is 9.86.